The fraction of sp³-hybridized carbons (Fsp3) is 0.250. The third kappa shape index (κ3) is 17.0. The van der Waals surface area contributed by atoms with E-state index in [1.54, 1.807) is 28.4 Å². The number of hydrogen-bond donors (Lipinski definition) is 8. The van der Waals surface area contributed by atoms with Crippen molar-refractivity contribution in [2.24, 2.45) is 0 Å². The fourth-order valence-electron chi connectivity index (χ4n) is 6.87. The Labute approximate surface area is 398 Å². The van der Waals surface area contributed by atoms with Crippen LogP contribution in [0.1, 0.15) is 45.5 Å². The summed E-state index contributed by atoms with van der Waals surface area (Å²) in [6.07, 6.45) is 3.87. The number of ether oxygens (including phenoxy) is 4. The van der Waals surface area contributed by atoms with Gasteiger partial charge in [0.1, 0.15) is 5.82 Å². The molecule has 2 unspecified atom stereocenters. The molecule has 0 saturated heterocycles. The second kappa shape index (κ2) is 27.2. The first-order valence-electron chi connectivity index (χ1n) is 20.3. The molecular formula is C48H50BrFN2O16. The predicted octanol–water partition coefficient (Wildman–Crippen LogP) is 6.30. The predicted molar refractivity (Wildman–Crippen MR) is 247 cm³/mol. The molecule has 20 heteroatoms. The zero-order chi connectivity index (χ0) is 50.5. The molecule has 0 radical (unpaired) electrons. The van der Waals surface area contributed by atoms with Gasteiger partial charge in [0.25, 0.3) is 0 Å². The van der Waals surface area contributed by atoms with Crippen LogP contribution in [0.2, 0.25) is 0 Å². The lowest BCUT2D eigenvalue weighted by Crippen LogP contribution is -2.31. The van der Waals surface area contributed by atoms with Gasteiger partial charge in [-0.05, 0) is 132 Å². The minimum absolute atomic E-state index is 0.213. The average Bonchev–Trinajstić information content (AvgIpc) is 3.32. The molecule has 362 valence electrons. The standard InChI is InChI=1S/C24H24FNO2.C18H20BrNO2.3C2H2O4/c1-27-23-14-19-11-12-26-22(21(19)15-24(23)28-2)13-16-3-5-17(6-4-16)18-7-9-20(25)10-8-18;1-21-17-10-13-7-8-20-16(15(13)11-18(17)22-2)9-12-3-5-14(19)6-4-12;3*3-1(4)2(5)6/h3-10,14-15,22,26H,11-13H2,1-2H3;3-6,10-11,16,20H,7-9H2,1-2H3;3*(H,3,4)(H,5,6). The van der Waals surface area contributed by atoms with Crippen LogP contribution in [0.25, 0.3) is 11.1 Å². The van der Waals surface area contributed by atoms with Crippen LogP contribution in [0, 0.1) is 5.82 Å². The molecule has 0 saturated carbocycles. The van der Waals surface area contributed by atoms with E-state index in [9.17, 15) is 4.39 Å². The van der Waals surface area contributed by atoms with E-state index in [0.717, 1.165) is 77.4 Å². The number of halogens is 2. The lowest BCUT2D eigenvalue weighted by Gasteiger charge is -2.28. The summed E-state index contributed by atoms with van der Waals surface area (Å²) in [6.45, 7) is 1.94. The lowest BCUT2D eigenvalue weighted by atomic mass is 9.89. The van der Waals surface area contributed by atoms with Gasteiger partial charge in [0.2, 0.25) is 0 Å². The molecule has 2 aliphatic rings. The summed E-state index contributed by atoms with van der Waals surface area (Å²) in [6, 6.07) is 32.6. The molecule has 5 aromatic carbocycles. The third-order valence-electron chi connectivity index (χ3n) is 10.1. The Bertz CT molecular complexity index is 2430. The van der Waals surface area contributed by atoms with Crippen molar-refractivity contribution in [3.63, 3.8) is 0 Å². The summed E-state index contributed by atoms with van der Waals surface area (Å²) in [4.78, 5) is 54.6. The van der Waals surface area contributed by atoms with Gasteiger partial charge in [-0.3, -0.25) is 0 Å². The zero-order valence-corrected chi connectivity index (χ0v) is 38.7. The first-order valence-corrected chi connectivity index (χ1v) is 21.1. The van der Waals surface area contributed by atoms with Crippen LogP contribution >= 0.6 is 15.9 Å². The highest BCUT2D eigenvalue weighted by Crippen LogP contribution is 2.38. The summed E-state index contributed by atoms with van der Waals surface area (Å²) >= 11 is 3.49. The van der Waals surface area contributed by atoms with Crippen molar-refractivity contribution in [1.29, 1.82) is 0 Å². The van der Waals surface area contributed by atoms with E-state index in [4.69, 9.17) is 78.4 Å². The van der Waals surface area contributed by atoms with Gasteiger partial charge in [-0.1, -0.05) is 64.5 Å². The van der Waals surface area contributed by atoms with E-state index >= 15 is 0 Å². The summed E-state index contributed by atoms with van der Waals surface area (Å²) in [5.74, 6) is -8.00. The summed E-state index contributed by atoms with van der Waals surface area (Å²) in [5.41, 5.74) is 9.92. The van der Waals surface area contributed by atoms with Crippen LogP contribution in [-0.4, -0.2) is 108 Å². The maximum absolute atomic E-state index is 13.1. The second-order valence-electron chi connectivity index (χ2n) is 14.4. The van der Waals surface area contributed by atoms with Gasteiger partial charge < -0.3 is 60.2 Å². The molecule has 0 amide bonds. The van der Waals surface area contributed by atoms with Crippen LogP contribution in [0.3, 0.4) is 0 Å². The Kier molecular flexibility index (Phi) is 21.9. The quantitative estimate of drug-likeness (QED) is 0.0752. The molecule has 8 N–H and O–H groups in total. The average molecular weight is 1010 g/mol. The smallest absolute Gasteiger partial charge is 0.414 e. The molecule has 2 atom stereocenters. The van der Waals surface area contributed by atoms with Crippen molar-refractivity contribution in [2.75, 3.05) is 41.5 Å². The second-order valence-corrected chi connectivity index (χ2v) is 15.3. The van der Waals surface area contributed by atoms with Crippen LogP contribution < -0.4 is 29.6 Å². The Balaban J connectivity index is 0.000000269. The van der Waals surface area contributed by atoms with Crippen molar-refractivity contribution < 1.29 is 82.7 Å². The van der Waals surface area contributed by atoms with Gasteiger partial charge in [0.15, 0.2) is 23.0 Å². The molecule has 18 nitrogen and oxygen atoms in total. The molecule has 0 aromatic heterocycles. The normalized spacial score (nSPS) is 13.9. The van der Waals surface area contributed by atoms with Gasteiger partial charge in [-0.2, -0.15) is 0 Å². The van der Waals surface area contributed by atoms with Gasteiger partial charge in [0, 0.05) is 16.6 Å². The van der Waals surface area contributed by atoms with Crippen molar-refractivity contribution in [3.8, 4) is 34.1 Å². The maximum atomic E-state index is 13.1. The Hall–Kier alpha value is -7.55. The SMILES string of the molecule is COc1cc2c(cc1OC)C(Cc1ccc(-c3ccc(F)cc3)cc1)NCC2.COc1cc2c(cc1OC)C(Cc1ccc(Br)cc1)NCC2.O=C(O)C(=O)O.O=C(O)C(=O)O.O=C(O)C(=O)O. The molecular weight excluding hydrogens is 959 g/mol. The van der Waals surface area contributed by atoms with Crippen LogP contribution in [0.5, 0.6) is 23.0 Å². The number of carbonyl (C=O) groups is 6. The highest BCUT2D eigenvalue weighted by Gasteiger charge is 2.24. The number of fused-ring (bicyclic) bond motifs is 2. The van der Waals surface area contributed by atoms with Gasteiger partial charge in [-0.25, -0.2) is 33.2 Å². The highest BCUT2D eigenvalue weighted by molar-refractivity contribution is 9.10. The third-order valence-corrected chi connectivity index (χ3v) is 10.6. The van der Waals surface area contributed by atoms with Gasteiger partial charge in [-0.15, -0.1) is 0 Å². The molecule has 68 heavy (non-hydrogen) atoms. The number of carboxylic acids is 6. The molecule has 5 aromatic rings. The Morgan fingerprint density at radius 2 is 0.794 bits per heavy atom. The Morgan fingerprint density at radius 1 is 0.500 bits per heavy atom. The van der Waals surface area contributed by atoms with Crippen LogP contribution in [0.15, 0.2) is 102 Å². The highest BCUT2D eigenvalue weighted by atomic mass is 79.9. The maximum Gasteiger partial charge on any atom is 0.414 e. The molecule has 2 aliphatic heterocycles. The number of nitrogens with one attached hydrogen (secondary N) is 2. The first kappa shape index (κ1) is 54.8. The van der Waals surface area contributed by atoms with Crippen molar-refractivity contribution in [1.82, 2.24) is 10.6 Å². The number of methoxy groups -OCH3 is 4. The lowest BCUT2D eigenvalue weighted by molar-refractivity contribution is -0.159. The van der Waals surface area contributed by atoms with E-state index in [0.29, 0.717) is 6.04 Å². The monoisotopic (exact) mass is 1010 g/mol. The zero-order valence-electron chi connectivity index (χ0n) is 37.2. The van der Waals surface area contributed by atoms with Crippen molar-refractivity contribution in [2.45, 2.75) is 37.8 Å². The van der Waals surface area contributed by atoms with E-state index in [1.165, 1.54) is 45.5 Å². The minimum Gasteiger partial charge on any atom is -0.493 e. The van der Waals surface area contributed by atoms with Crippen molar-refractivity contribution >= 4 is 51.7 Å². The van der Waals surface area contributed by atoms with Crippen molar-refractivity contribution in [3.05, 3.63) is 141 Å². The largest absolute Gasteiger partial charge is 0.493 e. The fourth-order valence-corrected chi connectivity index (χ4v) is 7.13. The Morgan fingerprint density at radius 3 is 1.10 bits per heavy atom. The van der Waals surface area contributed by atoms with Gasteiger partial charge in [0.05, 0.1) is 28.4 Å². The molecule has 0 fully saturated rings. The minimum atomic E-state index is -1.82. The molecule has 0 spiro atoms. The molecule has 7 rings (SSSR count). The van der Waals surface area contributed by atoms with Gasteiger partial charge >= 0.3 is 35.8 Å². The van der Waals surface area contributed by atoms with Crippen LogP contribution in [-0.2, 0) is 54.5 Å². The topological polar surface area (TPSA) is 285 Å². The van der Waals surface area contributed by atoms with E-state index in [-0.39, 0.29) is 11.9 Å². The van der Waals surface area contributed by atoms with E-state index in [2.05, 4.69) is 99.4 Å². The number of benzene rings is 5. The number of hydrogen-bond acceptors (Lipinski definition) is 12. The first-order chi connectivity index (χ1) is 32.3. The van der Waals surface area contributed by atoms with E-state index in [1.807, 2.05) is 12.1 Å². The molecule has 0 aliphatic carbocycles. The van der Waals surface area contributed by atoms with E-state index < -0.39 is 35.8 Å². The van der Waals surface area contributed by atoms with Crippen LogP contribution in [0.4, 0.5) is 4.39 Å². The summed E-state index contributed by atoms with van der Waals surface area (Å²) < 4.78 is 36.1. The number of rotatable bonds is 9. The summed E-state index contributed by atoms with van der Waals surface area (Å²) in [5, 5.41) is 51.6. The molecule has 0 bridgehead atoms. The summed E-state index contributed by atoms with van der Waals surface area (Å²) in [7, 11) is 6.71. The number of carboxylic acid groups (broad SMARTS) is 6. The number of aliphatic carboxylic acids is 6. The molecule has 2 heterocycles.